The van der Waals surface area contributed by atoms with Gasteiger partial charge in [-0.15, -0.1) is 11.3 Å². The van der Waals surface area contributed by atoms with E-state index in [9.17, 15) is 9.18 Å². The average Bonchev–Trinajstić information content (AvgIpc) is 3.05. The van der Waals surface area contributed by atoms with Crippen molar-refractivity contribution in [3.05, 3.63) is 81.8 Å². The van der Waals surface area contributed by atoms with Crippen molar-refractivity contribution < 1.29 is 9.18 Å². The molecule has 0 aliphatic carbocycles. The van der Waals surface area contributed by atoms with Gasteiger partial charge in [0.25, 0.3) is 5.91 Å². The van der Waals surface area contributed by atoms with Crippen molar-refractivity contribution >= 4 is 17.2 Å². The molecule has 0 atom stereocenters. The van der Waals surface area contributed by atoms with Gasteiger partial charge in [0.05, 0.1) is 23.4 Å². The number of aromatic nitrogens is 2. The first kappa shape index (κ1) is 16.3. The Labute approximate surface area is 143 Å². The zero-order chi connectivity index (χ0) is 16.9. The van der Waals surface area contributed by atoms with E-state index in [1.807, 2.05) is 18.2 Å². The summed E-state index contributed by atoms with van der Waals surface area (Å²) in [6, 6.07) is 11.9. The molecule has 0 saturated carbocycles. The maximum absolute atomic E-state index is 12.9. The SMILES string of the molecule is CN(Cc1ccccn1)C(=O)c1cnc(Cc2ccc(F)cc2)s1. The number of thiazole rings is 1. The molecule has 2 aromatic heterocycles. The number of hydrogen-bond acceptors (Lipinski definition) is 4. The van der Waals surface area contributed by atoms with Gasteiger partial charge >= 0.3 is 0 Å². The second kappa shape index (κ2) is 7.31. The first-order chi connectivity index (χ1) is 11.6. The zero-order valence-electron chi connectivity index (χ0n) is 13.1. The molecule has 0 fully saturated rings. The Morgan fingerprint density at radius 2 is 1.96 bits per heavy atom. The van der Waals surface area contributed by atoms with Gasteiger partial charge in [-0.2, -0.15) is 0 Å². The Balaban J connectivity index is 1.65. The third-order valence-electron chi connectivity index (χ3n) is 3.50. The van der Waals surface area contributed by atoms with Crippen molar-refractivity contribution in [3.63, 3.8) is 0 Å². The van der Waals surface area contributed by atoms with E-state index in [4.69, 9.17) is 0 Å². The van der Waals surface area contributed by atoms with Crippen molar-refractivity contribution in [1.29, 1.82) is 0 Å². The summed E-state index contributed by atoms with van der Waals surface area (Å²) in [5.41, 5.74) is 1.80. The van der Waals surface area contributed by atoms with E-state index in [1.54, 1.807) is 36.5 Å². The lowest BCUT2D eigenvalue weighted by Crippen LogP contribution is -2.25. The van der Waals surface area contributed by atoms with Gasteiger partial charge in [-0.1, -0.05) is 18.2 Å². The van der Waals surface area contributed by atoms with E-state index < -0.39 is 0 Å². The van der Waals surface area contributed by atoms with Gasteiger partial charge in [0.2, 0.25) is 0 Å². The van der Waals surface area contributed by atoms with Crippen molar-refractivity contribution in [2.24, 2.45) is 0 Å². The van der Waals surface area contributed by atoms with Crippen molar-refractivity contribution in [2.75, 3.05) is 7.05 Å². The molecule has 24 heavy (non-hydrogen) atoms. The van der Waals surface area contributed by atoms with Crippen LogP contribution in [0.15, 0.2) is 54.9 Å². The third-order valence-corrected chi connectivity index (χ3v) is 4.49. The smallest absolute Gasteiger partial charge is 0.265 e. The molecule has 0 N–H and O–H groups in total. The van der Waals surface area contributed by atoms with Crippen LogP contribution in [-0.2, 0) is 13.0 Å². The molecule has 0 aliphatic rings. The number of carbonyl (C=O) groups excluding carboxylic acids is 1. The van der Waals surface area contributed by atoms with Crippen molar-refractivity contribution in [2.45, 2.75) is 13.0 Å². The molecular weight excluding hydrogens is 325 g/mol. The lowest BCUT2D eigenvalue weighted by molar-refractivity contribution is 0.0788. The summed E-state index contributed by atoms with van der Waals surface area (Å²) in [5, 5.41) is 0.830. The lowest BCUT2D eigenvalue weighted by Gasteiger charge is -2.15. The van der Waals surface area contributed by atoms with Gasteiger partial charge < -0.3 is 4.90 Å². The largest absolute Gasteiger partial charge is 0.335 e. The summed E-state index contributed by atoms with van der Waals surface area (Å²) in [5.74, 6) is -0.339. The Hall–Kier alpha value is -2.60. The lowest BCUT2D eigenvalue weighted by atomic mass is 10.2. The van der Waals surface area contributed by atoms with Gasteiger partial charge in [0, 0.05) is 19.7 Å². The molecule has 0 radical (unpaired) electrons. The summed E-state index contributed by atoms with van der Waals surface area (Å²) < 4.78 is 12.9. The summed E-state index contributed by atoms with van der Waals surface area (Å²) >= 11 is 1.36. The maximum atomic E-state index is 12.9. The number of amides is 1. The molecule has 0 saturated heterocycles. The van der Waals surface area contributed by atoms with Crippen LogP contribution in [0.2, 0.25) is 0 Å². The maximum Gasteiger partial charge on any atom is 0.265 e. The Morgan fingerprint density at radius 1 is 1.17 bits per heavy atom. The first-order valence-corrected chi connectivity index (χ1v) is 8.28. The molecule has 0 bridgehead atoms. The molecule has 1 aromatic carbocycles. The highest BCUT2D eigenvalue weighted by molar-refractivity contribution is 7.13. The standard InChI is InChI=1S/C18H16FN3OS/c1-22(12-15-4-2-3-9-20-15)18(23)16-11-21-17(24-16)10-13-5-7-14(19)8-6-13/h2-9,11H,10,12H2,1H3. The number of nitrogens with zero attached hydrogens (tertiary/aromatic N) is 3. The van der Waals surface area contributed by atoms with Crippen LogP contribution < -0.4 is 0 Å². The number of carbonyl (C=O) groups is 1. The summed E-state index contributed by atoms with van der Waals surface area (Å²) in [7, 11) is 1.75. The van der Waals surface area contributed by atoms with Gasteiger partial charge in [-0.05, 0) is 29.8 Å². The fourth-order valence-electron chi connectivity index (χ4n) is 2.26. The minimum Gasteiger partial charge on any atom is -0.335 e. The van der Waals surface area contributed by atoms with E-state index in [0.717, 1.165) is 16.3 Å². The first-order valence-electron chi connectivity index (χ1n) is 7.46. The fraction of sp³-hybridized carbons (Fsp3) is 0.167. The van der Waals surface area contributed by atoms with Crippen LogP contribution in [0.3, 0.4) is 0 Å². The molecular formula is C18H16FN3OS. The highest BCUT2D eigenvalue weighted by atomic mass is 32.1. The van der Waals surface area contributed by atoms with Crippen molar-refractivity contribution in [1.82, 2.24) is 14.9 Å². The van der Waals surface area contributed by atoms with Crippen LogP contribution in [0.1, 0.15) is 25.9 Å². The molecule has 0 unspecified atom stereocenters. The number of rotatable bonds is 5. The van der Waals surface area contributed by atoms with Crippen LogP contribution in [0.4, 0.5) is 4.39 Å². The second-order valence-corrected chi connectivity index (χ2v) is 6.52. The summed E-state index contributed by atoms with van der Waals surface area (Å²) in [6.07, 6.45) is 3.89. The second-order valence-electron chi connectivity index (χ2n) is 5.40. The number of hydrogen-bond donors (Lipinski definition) is 0. The highest BCUT2D eigenvalue weighted by Gasteiger charge is 2.16. The van der Waals surface area contributed by atoms with Gasteiger partial charge in [-0.25, -0.2) is 9.37 Å². The monoisotopic (exact) mass is 341 g/mol. The van der Waals surface area contributed by atoms with E-state index >= 15 is 0 Å². The fourth-order valence-corrected chi connectivity index (χ4v) is 3.21. The minimum atomic E-state index is -0.259. The van der Waals surface area contributed by atoms with Crippen LogP contribution in [0, 0.1) is 5.82 Å². The zero-order valence-corrected chi connectivity index (χ0v) is 14.0. The molecule has 2 heterocycles. The van der Waals surface area contributed by atoms with Crippen LogP contribution in [-0.4, -0.2) is 27.8 Å². The number of halogens is 1. The minimum absolute atomic E-state index is 0.0801. The molecule has 6 heteroatoms. The van der Waals surface area contributed by atoms with Crippen LogP contribution >= 0.6 is 11.3 Å². The van der Waals surface area contributed by atoms with Gasteiger partial charge in [0.15, 0.2) is 0 Å². The molecule has 1 amide bonds. The van der Waals surface area contributed by atoms with Gasteiger partial charge in [-0.3, -0.25) is 9.78 Å². The molecule has 3 rings (SSSR count). The molecule has 122 valence electrons. The predicted molar refractivity (Wildman–Crippen MR) is 91.4 cm³/mol. The average molecular weight is 341 g/mol. The predicted octanol–water partition coefficient (Wildman–Crippen LogP) is 3.54. The normalized spacial score (nSPS) is 10.6. The van der Waals surface area contributed by atoms with Gasteiger partial charge in [0.1, 0.15) is 10.7 Å². The number of pyridine rings is 1. The molecule has 0 aliphatic heterocycles. The topological polar surface area (TPSA) is 46.1 Å². The van der Waals surface area contributed by atoms with Crippen LogP contribution in [0.25, 0.3) is 0 Å². The van der Waals surface area contributed by atoms with E-state index in [1.165, 1.54) is 23.5 Å². The van der Waals surface area contributed by atoms with E-state index in [-0.39, 0.29) is 11.7 Å². The van der Waals surface area contributed by atoms with Crippen molar-refractivity contribution in [3.8, 4) is 0 Å². The summed E-state index contributed by atoms with van der Waals surface area (Å²) in [4.78, 5) is 23.2. The summed E-state index contributed by atoms with van der Waals surface area (Å²) in [6.45, 7) is 0.449. The quantitative estimate of drug-likeness (QED) is 0.713. The van der Waals surface area contributed by atoms with Crippen LogP contribution in [0.5, 0.6) is 0 Å². The Bertz CT molecular complexity index is 818. The highest BCUT2D eigenvalue weighted by Crippen LogP contribution is 2.19. The number of benzene rings is 1. The molecule has 4 nitrogen and oxygen atoms in total. The molecule has 3 aromatic rings. The van der Waals surface area contributed by atoms with E-state index in [0.29, 0.717) is 17.8 Å². The third kappa shape index (κ3) is 4.02. The van der Waals surface area contributed by atoms with E-state index in [2.05, 4.69) is 9.97 Å². The Kier molecular flexibility index (Phi) is 4.96. The Morgan fingerprint density at radius 3 is 2.67 bits per heavy atom. The molecule has 0 spiro atoms.